The lowest BCUT2D eigenvalue weighted by Crippen LogP contribution is -2.24. The molecule has 1 saturated heterocycles. The highest BCUT2D eigenvalue weighted by atomic mass is 35.5. The molecular formula is C16H23ClO3. The first-order valence-electron chi connectivity index (χ1n) is 7.16. The van der Waals surface area contributed by atoms with E-state index in [2.05, 4.69) is 13.8 Å². The maximum atomic E-state index is 5.93. The molecule has 0 radical (unpaired) electrons. The number of alkyl halides is 1. The fourth-order valence-electron chi connectivity index (χ4n) is 2.40. The standard InChI is InChI=1S/C16H23ClO3/c1-4-18-15-9-12(10-17)5-6-14(15)19-11-13-7-8-16(2,3)20-13/h5-6,9,13H,4,7-8,10-11H2,1-3H3. The van der Waals surface area contributed by atoms with Gasteiger partial charge in [0.25, 0.3) is 0 Å². The molecule has 1 heterocycles. The van der Waals surface area contributed by atoms with Crippen molar-refractivity contribution < 1.29 is 14.2 Å². The van der Waals surface area contributed by atoms with Gasteiger partial charge in [-0.1, -0.05) is 6.07 Å². The molecule has 1 aliphatic heterocycles. The van der Waals surface area contributed by atoms with E-state index in [1.165, 1.54) is 0 Å². The van der Waals surface area contributed by atoms with Gasteiger partial charge < -0.3 is 14.2 Å². The predicted octanol–water partition coefficient (Wildman–Crippen LogP) is 4.16. The SMILES string of the molecule is CCOc1cc(CCl)ccc1OCC1CCC(C)(C)O1. The second-order valence-electron chi connectivity index (χ2n) is 5.70. The first-order valence-corrected chi connectivity index (χ1v) is 7.70. The van der Waals surface area contributed by atoms with E-state index in [0.717, 1.165) is 29.9 Å². The Labute approximate surface area is 126 Å². The summed E-state index contributed by atoms with van der Waals surface area (Å²) in [7, 11) is 0. The van der Waals surface area contributed by atoms with Gasteiger partial charge in [0.2, 0.25) is 0 Å². The molecule has 0 saturated carbocycles. The molecule has 0 aromatic heterocycles. The highest BCUT2D eigenvalue weighted by molar-refractivity contribution is 6.17. The van der Waals surface area contributed by atoms with Crippen LogP contribution in [0.15, 0.2) is 18.2 Å². The molecule has 0 N–H and O–H groups in total. The van der Waals surface area contributed by atoms with Crippen molar-refractivity contribution in [3.63, 3.8) is 0 Å². The van der Waals surface area contributed by atoms with Gasteiger partial charge in [-0.2, -0.15) is 0 Å². The maximum Gasteiger partial charge on any atom is 0.161 e. The van der Waals surface area contributed by atoms with Crippen molar-refractivity contribution in [3.05, 3.63) is 23.8 Å². The summed E-state index contributed by atoms with van der Waals surface area (Å²) in [6.45, 7) is 7.36. The number of ether oxygens (including phenoxy) is 3. The van der Waals surface area contributed by atoms with Gasteiger partial charge in [0.1, 0.15) is 6.61 Å². The number of hydrogen-bond acceptors (Lipinski definition) is 3. The van der Waals surface area contributed by atoms with Gasteiger partial charge >= 0.3 is 0 Å². The minimum absolute atomic E-state index is 0.0285. The Morgan fingerprint density at radius 2 is 2.10 bits per heavy atom. The van der Waals surface area contributed by atoms with Gasteiger partial charge in [0.15, 0.2) is 11.5 Å². The zero-order valence-corrected chi connectivity index (χ0v) is 13.2. The van der Waals surface area contributed by atoms with Crippen LogP contribution in [0, 0.1) is 0 Å². The average molecular weight is 299 g/mol. The van der Waals surface area contributed by atoms with Gasteiger partial charge in [0.05, 0.1) is 18.3 Å². The van der Waals surface area contributed by atoms with Crippen LogP contribution in [0.2, 0.25) is 0 Å². The van der Waals surface area contributed by atoms with E-state index in [4.69, 9.17) is 25.8 Å². The summed E-state index contributed by atoms with van der Waals surface area (Å²) in [5.74, 6) is 1.98. The summed E-state index contributed by atoms with van der Waals surface area (Å²) in [6.07, 6.45) is 2.27. The monoisotopic (exact) mass is 298 g/mol. The smallest absolute Gasteiger partial charge is 0.161 e. The van der Waals surface area contributed by atoms with Crippen molar-refractivity contribution >= 4 is 11.6 Å². The van der Waals surface area contributed by atoms with E-state index < -0.39 is 0 Å². The van der Waals surface area contributed by atoms with E-state index in [1.807, 2.05) is 25.1 Å². The Hall–Kier alpha value is -0.930. The second kappa shape index (κ2) is 6.68. The van der Waals surface area contributed by atoms with Crippen LogP contribution in [0.3, 0.4) is 0 Å². The first-order chi connectivity index (χ1) is 9.54. The second-order valence-corrected chi connectivity index (χ2v) is 5.96. The topological polar surface area (TPSA) is 27.7 Å². The molecule has 1 aliphatic rings. The molecule has 20 heavy (non-hydrogen) atoms. The molecule has 0 aliphatic carbocycles. The minimum Gasteiger partial charge on any atom is -0.490 e. The fraction of sp³-hybridized carbons (Fsp3) is 0.625. The van der Waals surface area contributed by atoms with Gasteiger partial charge in [-0.25, -0.2) is 0 Å². The van der Waals surface area contributed by atoms with Crippen LogP contribution in [0.25, 0.3) is 0 Å². The molecule has 1 aromatic rings. The van der Waals surface area contributed by atoms with Gasteiger partial charge in [-0.3, -0.25) is 0 Å². The molecular weight excluding hydrogens is 276 g/mol. The van der Waals surface area contributed by atoms with E-state index in [9.17, 15) is 0 Å². The fourth-order valence-corrected chi connectivity index (χ4v) is 2.57. The highest BCUT2D eigenvalue weighted by Gasteiger charge is 2.32. The number of hydrogen-bond donors (Lipinski definition) is 0. The Morgan fingerprint density at radius 3 is 2.70 bits per heavy atom. The number of rotatable bonds is 6. The third kappa shape index (κ3) is 4.03. The van der Waals surface area contributed by atoms with Crippen LogP contribution in [0.5, 0.6) is 11.5 Å². The minimum atomic E-state index is -0.0285. The Morgan fingerprint density at radius 1 is 1.30 bits per heavy atom. The molecule has 4 heteroatoms. The highest BCUT2D eigenvalue weighted by Crippen LogP contribution is 2.32. The summed E-state index contributed by atoms with van der Waals surface area (Å²) in [5, 5.41) is 0. The zero-order chi connectivity index (χ0) is 14.6. The van der Waals surface area contributed by atoms with E-state index in [-0.39, 0.29) is 11.7 Å². The Balaban J connectivity index is 1.98. The van der Waals surface area contributed by atoms with Crippen molar-refractivity contribution in [2.75, 3.05) is 13.2 Å². The summed E-state index contributed by atoms with van der Waals surface area (Å²) < 4.78 is 17.4. The van der Waals surface area contributed by atoms with Gasteiger partial charge in [-0.15, -0.1) is 11.6 Å². The van der Waals surface area contributed by atoms with Crippen LogP contribution in [0.1, 0.15) is 39.2 Å². The van der Waals surface area contributed by atoms with Crippen molar-refractivity contribution in [1.82, 2.24) is 0 Å². The zero-order valence-electron chi connectivity index (χ0n) is 12.4. The Bertz CT molecular complexity index is 445. The molecule has 0 amide bonds. The molecule has 0 bridgehead atoms. The molecule has 1 unspecified atom stereocenters. The third-order valence-electron chi connectivity index (χ3n) is 3.44. The predicted molar refractivity (Wildman–Crippen MR) is 80.8 cm³/mol. The maximum absolute atomic E-state index is 5.93. The van der Waals surface area contributed by atoms with Crippen LogP contribution >= 0.6 is 11.6 Å². The molecule has 3 nitrogen and oxygen atoms in total. The largest absolute Gasteiger partial charge is 0.490 e. The normalized spacial score (nSPS) is 20.9. The lowest BCUT2D eigenvalue weighted by Gasteiger charge is -2.20. The molecule has 112 valence electrons. The summed E-state index contributed by atoms with van der Waals surface area (Å²) in [6, 6.07) is 5.82. The number of halogens is 1. The lowest BCUT2D eigenvalue weighted by atomic mass is 10.1. The van der Waals surface area contributed by atoms with Crippen LogP contribution in [-0.4, -0.2) is 24.9 Å². The summed E-state index contributed by atoms with van der Waals surface area (Å²) >= 11 is 5.85. The lowest BCUT2D eigenvalue weighted by molar-refractivity contribution is -0.0329. The quantitative estimate of drug-likeness (QED) is 0.738. The van der Waals surface area contributed by atoms with Crippen LogP contribution < -0.4 is 9.47 Å². The molecule has 0 spiro atoms. The average Bonchev–Trinajstić information content (AvgIpc) is 2.77. The first kappa shape index (κ1) is 15.5. The third-order valence-corrected chi connectivity index (χ3v) is 3.75. The van der Waals surface area contributed by atoms with Crippen molar-refractivity contribution in [2.45, 2.75) is 51.2 Å². The van der Waals surface area contributed by atoms with Gasteiger partial charge in [0, 0.05) is 5.88 Å². The van der Waals surface area contributed by atoms with Crippen molar-refractivity contribution in [3.8, 4) is 11.5 Å². The van der Waals surface area contributed by atoms with Crippen LogP contribution in [-0.2, 0) is 10.6 Å². The number of benzene rings is 1. The van der Waals surface area contributed by atoms with Crippen LogP contribution in [0.4, 0.5) is 0 Å². The van der Waals surface area contributed by atoms with Crippen molar-refractivity contribution in [2.24, 2.45) is 0 Å². The molecule has 2 rings (SSSR count). The molecule has 1 fully saturated rings. The van der Waals surface area contributed by atoms with E-state index in [0.29, 0.717) is 19.1 Å². The van der Waals surface area contributed by atoms with E-state index >= 15 is 0 Å². The molecule has 1 atom stereocenters. The Kier molecular flexibility index (Phi) is 5.17. The summed E-state index contributed by atoms with van der Waals surface area (Å²) in [5.41, 5.74) is 1.000. The molecule has 1 aromatic carbocycles. The summed E-state index contributed by atoms with van der Waals surface area (Å²) in [4.78, 5) is 0. The van der Waals surface area contributed by atoms with Crippen molar-refractivity contribution in [1.29, 1.82) is 0 Å². The van der Waals surface area contributed by atoms with E-state index in [1.54, 1.807) is 0 Å². The van der Waals surface area contributed by atoms with Gasteiger partial charge in [-0.05, 0) is 51.3 Å².